The topological polar surface area (TPSA) is 38.5 Å². The molecule has 0 bridgehead atoms. The first-order valence-electron chi connectivity index (χ1n) is 5.98. The fourth-order valence-electron chi connectivity index (χ4n) is 2.26. The minimum atomic E-state index is 0.419. The van der Waals surface area contributed by atoms with Crippen molar-refractivity contribution in [1.29, 1.82) is 0 Å². The van der Waals surface area contributed by atoms with E-state index in [1.807, 2.05) is 18.2 Å². The van der Waals surface area contributed by atoms with Gasteiger partial charge in [-0.3, -0.25) is 4.90 Å². The fraction of sp³-hybridized carbons (Fsp3) is 0.538. The molecule has 0 amide bonds. The molecule has 0 atom stereocenters. The molecule has 17 heavy (non-hydrogen) atoms. The highest BCUT2D eigenvalue weighted by Crippen LogP contribution is 2.22. The van der Waals surface area contributed by atoms with Gasteiger partial charge in [0.2, 0.25) is 0 Å². The van der Waals surface area contributed by atoms with Gasteiger partial charge in [0, 0.05) is 37.5 Å². The van der Waals surface area contributed by atoms with Gasteiger partial charge >= 0.3 is 0 Å². The van der Waals surface area contributed by atoms with Crippen molar-refractivity contribution in [3.8, 4) is 0 Å². The number of benzene rings is 1. The number of methoxy groups -OCH3 is 1. The smallest absolute Gasteiger partial charge is 0.0595 e. The third-order valence-electron chi connectivity index (χ3n) is 3.33. The molecule has 0 aliphatic carbocycles. The van der Waals surface area contributed by atoms with E-state index in [1.54, 1.807) is 7.11 Å². The van der Waals surface area contributed by atoms with E-state index in [1.165, 1.54) is 0 Å². The van der Waals surface area contributed by atoms with Gasteiger partial charge in [-0.25, -0.2) is 0 Å². The van der Waals surface area contributed by atoms with E-state index in [9.17, 15) is 0 Å². The van der Waals surface area contributed by atoms with Crippen molar-refractivity contribution in [3.05, 3.63) is 28.8 Å². The van der Waals surface area contributed by atoms with E-state index in [2.05, 4.69) is 4.90 Å². The van der Waals surface area contributed by atoms with Crippen molar-refractivity contribution < 1.29 is 4.74 Å². The minimum absolute atomic E-state index is 0.419. The summed E-state index contributed by atoms with van der Waals surface area (Å²) in [5, 5.41) is 0.799. The molecule has 0 unspecified atom stereocenters. The van der Waals surface area contributed by atoms with Crippen LogP contribution in [0.5, 0.6) is 0 Å². The third kappa shape index (κ3) is 3.35. The summed E-state index contributed by atoms with van der Waals surface area (Å²) in [4.78, 5) is 2.40. The first-order valence-corrected chi connectivity index (χ1v) is 6.36. The van der Waals surface area contributed by atoms with Gasteiger partial charge in [0.05, 0.1) is 6.10 Å². The summed E-state index contributed by atoms with van der Waals surface area (Å²) in [5.41, 5.74) is 7.67. The molecule has 0 spiro atoms. The summed E-state index contributed by atoms with van der Waals surface area (Å²) in [7, 11) is 1.79. The molecule has 3 nitrogen and oxygen atoms in total. The van der Waals surface area contributed by atoms with Crippen LogP contribution < -0.4 is 5.73 Å². The number of ether oxygens (including phenoxy) is 1. The Balaban J connectivity index is 1.95. The van der Waals surface area contributed by atoms with Gasteiger partial charge in [0.1, 0.15) is 0 Å². The summed E-state index contributed by atoms with van der Waals surface area (Å²) in [6.45, 7) is 2.99. The molecular formula is C13H19ClN2O. The Labute approximate surface area is 107 Å². The zero-order chi connectivity index (χ0) is 12.3. The first-order chi connectivity index (χ1) is 8.19. The minimum Gasteiger partial charge on any atom is -0.399 e. The molecule has 1 aromatic carbocycles. The molecule has 2 N–H and O–H groups in total. The lowest BCUT2D eigenvalue weighted by Gasteiger charge is -2.31. The van der Waals surface area contributed by atoms with Crippen LogP contribution in [0.15, 0.2) is 18.2 Å². The van der Waals surface area contributed by atoms with Crippen LogP contribution in [0.3, 0.4) is 0 Å². The molecule has 1 heterocycles. The van der Waals surface area contributed by atoms with Crippen LogP contribution in [0.4, 0.5) is 5.69 Å². The normalized spacial score (nSPS) is 18.5. The third-order valence-corrected chi connectivity index (χ3v) is 3.70. The van der Waals surface area contributed by atoms with Crippen molar-refractivity contribution >= 4 is 17.3 Å². The maximum absolute atomic E-state index is 6.16. The molecule has 1 aliphatic rings. The van der Waals surface area contributed by atoms with Gasteiger partial charge in [0.15, 0.2) is 0 Å². The maximum Gasteiger partial charge on any atom is 0.0595 e. The Morgan fingerprint density at radius 3 is 2.76 bits per heavy atom. The van der Waals surface area contributed by atoms with Crippen LogP contribution in [0.25, 0.3) is 0 Å². The van der Waals surface area contributed by atoms with Crippen LogP contribution in [-0.2, 0) is 11.3 Å². The molecule has 0 radical (unpaired) electrons. The zero-order valence-corrected chi connectivity index (χ0v) is 10.9. The molecule has 0 aromatic heterocycles. The summed E-state index contributed by atoms with van der Waals surface area (Å²) in [5.74, 6) is 0. The number of hydrogen-bond donors (Lipinski definition) is 1. The number of piperidine rings is 1. The average Bonchev–Trinajstić information content (AvgIpc) is 2.35. The number of likely N-dealkylation sites (tertiary alicyclic amines) is 1. The molecule has 1 saturated heterocycles. The molecule has 2 rings (SSSR count). The Kier molecular flexibility index (Phi) is 4.26. The largest absolute Gasteiger partial charge is 0.399 e. The van der Waals surface area contributed by atoms with Gasteiger partial charge in [-0.15, -0.1) is 0 Å². The number of nitrogen functional groups attached to an aromatic ring is 1. The summed E-state index contributed by atoms with van der Waals surface area (Å²) in [6.07, 6.45) is 2.61. The average molecular weight is 255 g/mol. The summed E-state index contributed by atoms with van der Waals surface area (Å²) >= 11 is 6.16. The van der Waals surface area contributed by atoms with Crippen LogP contribution in [-0.4, -0.2) is 31.2 Å². The standard InChI is InChI=1S/C13H19ClN2O/c1-17-12-4-6-16(7-5-12)9-10-8-11(15)2-3-13(10)14/h2-3,8,12H,4-7,9,15H2,1H3. The zero-order valence-electron chi connectivity index (χ0n) is 10.2. The van der Waals surface area contributed by atoms with E-state index in [0.717, 1.165) is 48.7 Å². The Morgan fingerprint density at radius 1 is 1.41 bits per heavy atom. The first kappa shape index (κ1) is 12.7. The predicted molar refractivity (Wildman–Crippen MR) is 71.2 cm³/mol. The second-order valence-corrected chi connectivity index (χ2v) is 4.97. The van der Waals surface area contributed by atoms with Crippen LogP contribution in [0.1, 0.15) is 18.4 Å². The van der Waals surface area contributed by atoms with Crippen LogP contribution in [0.2, 0.25) is 5.02 Å². The number of rotatable bonds is 3. The number of halogens is 1. The highest BCUT2D eigenvalue weighted by molar-refractivity contribution is 6.31. The van der Waals surface area contributed by atoms with E-state index < -0.39 is 0 Å². The fourth-order valence-corrected chi connectivity index (χ4v) is 2.44. The quantitative estimate of drug-likeness (QED) is 0.843. The Morgan fingerprint density at radius 2 is 2.12 bits per heavy atom. The lowest BCUT2D eigenvalue weighted by atomic mass is 10.1. The Hall–Kier alpha value is -0.770. The molecule has 94 valence electrons. The summed E-state index contributed by atoms with van der Waals surface area (Å²) in [6, 6.07) is 5.67. The Bertz CT molecular complexity index is 376. The highest BCUT2D eigenvalue weighted by atomic mass is 35.5. The van der Waals surface area contributed by atoms with Crippen LogP contribution >= 0.6 is 11.6 Å². The van der Waals surface area contributed by atoms with E-state index in [-0.39, 0.29) is 0 Å². The van der Waals surface area contributed by atoms with Gasteiger partial charge in [-0.1, -0.05) is 11.6 Å². The second-order valence-electron chi connectivity index (χ2n) is 4.56. The SMILES string of the molecule is COC1CCN(Cc2cc(N)ccc2Cl)CC1. The molecule has 0 saturated carbocycles. The van der Waals surface area contributed by atoms with Gasteiger partial charge in [-0.2, -0.15) is 0 Å². The van der Waals surface area contributed by atoms with Gasteiger partial charge in [-0.05, 0) is 36.6 Å². The van der Waals surface area contributed by atoms with E-state index in [0.29, 0.717) is 6.10 Å². The number of nitrogens with two attached hydrogens (primary N) is 1. The molecule has 1 fully saturated rings. The van der Waals surface area contributed by atoms with Gasteiger partial charge < -0.3 is 10.5 Å². The summed E-state index contributed by atoms with van der Waals surface area (Å²) < 4.78 is 5.36. The predicted octanol–water partition coefficient (Wildman–Crippen LogP) is 2.53. The van der Waals surface area contributed by atoms with Gasteiger partial charge in [0.25, 0.3) is 0 Å². The number of hydrogen-bond acceptors (Lipinski definition) is 3. The lowest BCUT2D eigenvalue weighted by Crippen LogP contribution is -2.36. The highest BCUT2D eigenvalue weighted by Gasteiger charge is 2.19. The lowest BCUT2D eigenvalue weighted by molar-refractivity contribution is 0.0389. The number of anilines is 1. The molecule has 1 aromatic rings. The monoisotopic (exact) mass is 254 g/mol. The van der Waals surface area contributed by atoms with Crippen molar-refractivity contribution in [3.63, 3.8) is 0 Å². The molecule has 4 heteroatoms. The van der Waals surface area contributed by atoms with E-state index in [4.69, 9.17) is 22.1 Å². The second kappa shape index (κ2) is 5.71. The van der Waals surface area contributed by atoms with Crippen molar-refractivity contribution in [1.82, 2.24) is 4.90 Å². The maximum atomic E-state index is 6.16. The van der Waals surface area contributed by atoms with Crippen molar-refractivity contribution in [2.75, 3.05) is 25.9 Å². The van der Waals surface area contributed by atoms with Crippen molar-refractivity contribution in [2.45, 2.75) is 25.5 Å². The molecular weight excluding hydrogens is 236 g/mol. The van der Waals surface area contributed by atoms with Crippen LogP contribution in [0, 0.1) is 0 Å². The van der Waals surface area contributed by atoms with Crippen molar-refractivity contribution in [2.24, 2.45) is 0 Å². The van der Waals surface area contributed by atoms with E-state index >= 15 is 0 Å². The number of nitrogens with zero attached hydrogens (tertiary/aromatic N) is 1. The molecule has 1 aliphatic heterocycles.